The molecule has 0 aliphatic rings. The summed E-state index contributed by atoms with van der Waals surface area (Å²) in [5.74, 6) is -1.14. The van der Waals surface area contributed by atoms with E-state index in [2.05, 4.69) is 6.92 Å². The Morgan fingerprint density at radius 3 is 2.00 bits per heavy atom. The average molecular weight is 255 g/mol. The summed E-state index contributed by atoms with van der Waals surface area (Å²) < 4.78 is -1.59. The van der Waals surface area contributed by atoms with Crippen LogP contribution < -0.4 is 0 Å². The van der Waals surface area contributed by atoms with E-state index in [1.165, 1.54) is 25.7 Å². The summed E-state index contributed by atoms with van der Waals surface area (Å²) in [6.07, 6.45) is 8.28. The number of rotatable bonds is 9. The van der Waals surface area contributed by atoms with E-state index in [0.29, 0.717) is 6.42 Å². The van der Waals surface area contributed by atoms with E-state index in [1.54, 1.807) is 0 Å². The van der Waals surface area contributed by atoms with Gasteiger partial charge in [0.1, 0.15) is 0 Å². The minimum Gasteiger partial charge on any atom is -0.479 e. The van der Waals surface area contributed by atoms with Gasteiger partial charge < -0.3 is 5.11 Å². The number of hydrogen-bond acceptors (Lipinski definition) is 1. The van der Waals surface area contributed by atoms with Crippen molar-refractivity contribution >= 4 is 29.2 Å². The molecule has 0 aromatic carbocycles. The molecular weight excluding hydrogens is 235 g/mol. The Bertz CT molecular complexity index is 181. The topological polar surface area (TPSA) is 37.3 Å². The van der Waals surface area contributed by atoms with Crippen LogP contribution in [0.3, 0.4) is 0 Å². The fourth-order valence-corrected chi connectivity index (χ4v) is 1.68. The molecule has 0 aliphatic heterocycles. The zero-order valence-corrected chi connectivity index (χ0v) is 10.8. The van der Waals surface area contributed by atoms with Crippen molar-refractivity contribution in [1.82, 2.24) is 0 Å². The molecule has 0 heterocycles. The Labute approximate surface area is 102 Å². The normalized spacial score (nSPS) is 11.7. The summed E-state index contributed by atoms with van der Waals surface area (Å²) in [4.78, 5) is 10.6. The third-order valence-corrected chi connectivity index (χ3v) is 3.11. The van der Waals surface area contributed by atoms with E-state index in [1.807, 2.05) is 0 Å². The molecule has 0 fully saturated rings. The first-order valence-corrected chi connectivity index (χ1v) is 6.37. The monoisotopic (exact) mass is 254 g/mol. The molecule has 0 radical (unpaired) electrons. The first-order valence-electron chi connectivity index (χ1n) is 5.62. The predicted octanol–water partition coefficient (Wildman–Crippen LogP) is 4.39. The minimum absolute atomic E-state index is 0.333. The Kier molecular flexibility index (Phi) is 8.26. The Balaban J connectivity index is 3.35. The van der Waals surface area contributed by atoms with Gasteiger partial charge in [0.25, 0.3) is 0 Å². The molecule has 0 unspecified atom stereocenters. The van der Waals surface area contributed by atoms with E-state index < -0.39 is 10.3 Å². The smallest absolute Gasteiger partial charge is 0.340 e. The number of carboxylic acids is 1. The molecule has 0 bridgehead atoms. The lowest BCUT2D eigenvalue weighted by molar-refractivity contribution is -0.138. The van der Waals surface area contributed by atoms with Crippen LogP contribution in [0.4, 0.5) is 0 Å². The van der Waals surface area contributed by atoms with Gasteiger partial charge in [0.05, 0.1) is 0 Å². The molecule has 0 amide bonds. The van der Waals surface area contributed by atoms with Gasteiger partial charge in [0.15, 0.2) is 0 Å². The van der Waals surface area contributed by atoms with E-state index in [4.69, 9.17) is 28.3 Å². The first-order chi connectivity index (χ1) is 7.00. The lowest BCUT2D eigenvalue weighted by Gasteiger charge is -2.13. The van der Waals surface area contributed by atoms with E-state index in [-0.39, 0.29) is 0 Å². The summed E-state index contributed by atoms with van der Waals surface area (Å²) in [6.45, 7) is 2.18. The second-order valence-corrected chi connectivity index (χ2v) is 5.36. The fraction of sp³-hybridized carbons (Fsp3) is 0.909. The molecule has 4 heteroatoms. The van der Waals surface area contributed by atoms with Crippen molar-refractivity contribution in [2.24, 2.45) is 0 Å². The highest BCUT2D eigenvalue weighted by Gasteiger charge is 2.32. The number of carboxylic acid groups (broad SMARTS) is 1. The summed E-state index contributed by atoms with van der Waals surface area (Å²) >= 11 is 11.2. The highest BCUT2D eigenvalue weighted by molar-refractivity contribution is 6.57. The van der Waals surface area contributed by atoms with Gasteiger partial charge in [-0.1, -0.05) is 68.7 Å². The Morgan fingerprint density at radius 2 is 1.53 bits per heavy atom. The van der Waals surface area contributed by atoms with Crippen molar-refractivity contribution in [2.75, 3.05) is 0 Å². The second kappa shape index (κ2) is 8.23. The van der Waals surface area contributed by atoms with Crippen molar-refractivity contribution < 1.29 is 9.90 Å². The van der Waals surface area contributed by atoms with Crippen LogP contribution >= 0.6 is 23.2 Å². The minimum atomic E-state index is -1.59. The van der Waals surface area contributed by atoms with Gasteiger partial charge in [-0.15, -0.1) is 0 Å². The molecule has 2 nitrogen and oxygen atoms in total. The van der Waals surface area contributed by atoms with Crippen LogP contribution in [0.15, 0.2) is 0 Å². The zero-order chi connectivity index (χ0) is 11.7. The molecule has 15 heavy (non-hydrogen) atoms. The molecular formula is C11H20Cl2O2. The number of aliphatic carboxylic acids is 1. The van der Waals surface area contributed by atoms with Crippen molar-refractivity contribution in [3.63, 3.8) is 0 Å². The maximum Gasteiger partial charge on any atom is 0.340 e. The quantitative estimate of drug-likeness (QED) is 0.490. The van der Waals surface area contributed by atoms with Crippen LogP contribution in [-0.4, -0.2) is 15.4 Å². The van der Waals surface area contributed by atoms with Gasteiger partial charge in [0.2, 0.25) is 4.33 Å². The van der Waals surface area contributed by atoms with Crippen LogP contribution in [0.2, 0.25) is 0 Å². The first kappa shape index (κ1) is 15.0. The standard InChI is InChI=1S/C11H20Cl2O2/c1-2-3-4-5-6-7-8-9-11(12,13)10(14)15/h2-9H2,1H3,(H,14,15). The second-order valence-electron chi connectivity index (χ2n) is 3.88. The number of unbranched alkanes of at least 4 members (excludes halogenated alkanes) is 6. The molecule has 0 aliphatic carbocycles. The molecule has 90 valence electrons. The predicted molar refractivity (Wildman–Crippen MR) is 64.7 cm³/mol. The average Bonchev–Trinajstić information content (AvgIpc) is 2.16. The van der Waals surface area contributed by atoms with Gasteiger partial charge >= 0.3 is 5.97 Å². The van der Waals surface area contributed by atoms with Crippen molar-refractivity contribution in [2.45, 2.75) is 62.6 Å². The number of carbonyl (C=O) groups is 1. The van der Waals surface area contributed by atoms with Crippen molar-refractivity contribution in [3.05, 3.63) is 0 Å². The van der Waals surface area contributed by atoms with Crippen molar-refractivity contribution in [1.29, 1.82) is 0 Å². The maximum atomic E-state index is 10.6. The molecule has 0 aromatic rings. The zero-order valence-electron chi connectivity index (χ0n) is 9.27. The summed E-state index contributed by atoms with van der Waals surface area (Å²) in [5, 5.41) is 8.65. The molecule has 0 spiro atoms. The molecule has 0 aromatic heterocycles. The summed E-state index contributed by atoms with van der Waals surface area (Å²) in [5.41, 5.74) is 0. The number of hydrogen-bond donors (Lipinski definition) is 1. The van der Waals surface area contributed by atoms with Crippen molar-refractivity contribution in [3.8, 4) is 0 Å². The highest BCUT2D eigenvalue weighted by Crippen LogP contribution is 2.28. The lowest BCUT2D eigenvalue weighted by Crippen LogP contribution is -2.25. The van der Waals surface area contributed by atoms with Gasteiger partial charge in [0, 0.05) is 0 Å². The summed E-state index contributed by atoms with van der Waals surface area (Å²) in [6, 6.07) is 0. The summed E-state index contributed by atoms with van der Waals surface area (Å²) in [7, 11) is 0. The Morgan fingerprint density at radius 1 is 1.07 bits per heavy atom. The van der Waals surface area contributed by atoms with Crippen LogP contribution in [0.25, 0.3) is 0 Å². The number of alkyl halides is 2. The van der Waals surface area contributed by atoms with Gasteiger partial charge in [-0.25, -0.2) is 4.79 Å². The van der Waals surface area contributed by atoms with Crippen LogP contribution in [0.1, 0.15) is 58.3 Å². The SMILES string of the molecule is CCCCCCCCCC(Cl)(Cl)C(=O)O. The molecule has 0 saturated heterocycles. The van der Waals surface area contributed by atoms with E-state index >= 15 is 0 Å². The largest absolute Gasteiger partial charge is 0.479 e. The molecule has 1 N–H and O–H groups in total. The van der Waals surface area contributed by atoms with E-state index in [9.17, 15) is 4.79 Å². The molecule has 0 rings (SSSR count). The fourth-order valence-electron chi connectivity index (χ4n) is 1.41. The van der Waals surface area contributed by atoms with E-state index in [0.717, 1.165) is 19.3 Å². The van der Waals surface area contributed by atoms with Gasteiger partial charge in [-0.3, -0.25) is 0 Å². The number of halogens is 2. The van der Waals surface area contributed by atoms with Crippen LogP contribution in [-0.2, 0) is 4.79 Å². The van der Waals surface area contributed by atoms with Gasteiger partial charge in [-0.05, 0) is 12.8 Å². The third kappa shape index (κ3) is 7.92. The Hall–Kier alpha value is 0.0500. The third-order valence-electron chi connectivity index (χ3n) is 2.41. The van der Waals surface area contributed by atoms with Crippen LogP contribution in [0, 0.1) is 0 Å². The lowest BCUT2D eigenvalue weighted by atomic mass is 10.1. The molecule has 0 saturated carbocycles. The van der Waals surface area contributed by atoms with Gasteiger partial charge in [-0.2, -0.15) is 0 Å². The maximum absolute atomic E-state index is 10.6. The highest BCUT2D eigenvalue weighted by atomic mass is 35.5. The van der Waals surface area contributed by atoms with Crippen LogP contribution in [0.5, 0.6) is 0 Å². The molecule has 0 atom stereocenters.